The van der Waals surface area contributed by atoms with Crippen molar-refractivity contribution < 1.29 is 14.3 Å². The van der Waals surface area contributed by atoms with E-state index in [2.05, 4.69) is 50.8 Å². The number of esters is 1. The number of rotatable bonds is 8. The number of nitrogens with zero attached hydrogens (tertiary/aromatic N) is 2. The maximum absolute atomic E-state index is 11.5. The summed E-state index contributed by atoms with van der Waals surface area (Å²) >= 11 is 3.58. The Balaban J connectivity index is 1.44. The van der Waals surface area contributed by atoms with Crippen LogP contribution in [0.15, 0.2) is 77.3 Å². The average Bonchev–Trinajstić information content (AvgIpc) is 3.13. The molecule has 0 amide bonds. The number of benzene rings is 3. The first kappa shape index (κ1) is 21.1. The molecule has 0 unspecified atom stereocenters. The van der Waals surface area contributed by atoms with E-state index in [9.17, 15) is 4.79 Å². The number of fused-ring (bicyclic) bond motifs is 1. The summed E-state index contributed by atoms with van der Waals surface area (Å²) in [7, 11) is 1.37. The molecular formula is C25H23BrN2O3. The number of imidazole rings is 1. The molecule has 4 rings (SSSR count). The molecule has 6 heteroatoms. The summed E-state index contributed by atoms with van der Waals surface area (Å²) in [5, 5.41) is 0. The molecule has 0 aliphatic carbocycles. The Kier molecular flexibility index (Phi) is 6.67. The lowest BCUT2D eigenvalue weighted by molar-refractivity contribution is 0.0600. The second kappa shape index (κ2) is 9.79. The van der Waals surface area contributed by atoms with E-state index in [0.29, 0.717) is 12.2 Å². The number of carbonyl (C=O) groups excluding carboxylic acids is 1. The van der Waals surface area contributed by atoms with Crippen molar-refractivity contribution in [3.8, 4) is 5.75 Å². The van der Waals surface area contributed by atoms with Crippen molar-refractivity contribution in [3.63, 3.8) is 0 Å². The zero-order chi connectivity index (χ0) is 21.6. The first-order valence-electron chi connectivity index (χ1n) is 10.1. The molecule has 158 valence electrons. The van der Waals surface area contributed by atoms with Crippen LogP contribution in [-0.4, -0.2) is 29.2 Å². The minimum atomic E-state index is -0.351. The lowest BCUT2D eigenvalue weighted by Gasteiger charge is -2.11. The van der Waals surface area contributed by atoms with Crippen molar-refractivity contribution in [1.29, 1.82) is 0 Å². The van der Waals surface area contributed by atoms with Gasteiger partial charge in [-0.1, -0.05) is 46.3 Å². The van der Waals surface area contributed by atoms with Gasteiger partial charge in [-0.2, -0.15) is 0 Å². The Morgan fingerprint density at radius 3 is 2.55 bits per heavy atom. The maximum Gasteiger partial charge on any atom is 0.337 e. The normalized spacial score (nSPS) is 10.9. The number of methoxy groups -OCH3 is 1. The fraction of sp³-hybridized carbons (Fsp3) is 0.200. The van der Waals surface area contributed by atoms with Gasteiger partial charge in [-0.05, 0) is 54.4 Å². The highest BCUT2D eigenvalue weighted by atomic mass is 79.9. The Morgan fingerprint density at radius 1 is 1.03 bits per heavy atom. The summed E-state index contributed by atoms with van der Waals surface area (Å²) in [6.07, 6.45) is 1.64. The van der Waals surface area contributed by atoms with E-state index in [1.54, 1.807) is 24.3 Å². The molecule has 0 radical (unpaired) electrons. The molecule has 0 aliphatic rings. The zero-order valence-electron chi connectivity index (χ0n) is 17.3. The van der Waals surface area contributed by atoms with Gasteiger partial charge in [0, 0.05) is 17.4 Å². The molecule has 0 aliphatic heterocycles. The van der Waals surface area contributed by atoms with Crippen molar-refractivity contribution in [2.75, 3.05) is 13.7 Å². The van der Waals surface area contributed by atoms with Crippen LogP contribution in [0.3, 0.4) is 0 Å². The van der Waals surface area contributed by atoms with Crippen LogP contribution in [0, 0.1) is 0 Å². The van der Waals surface area contributed by atoms with Crippen LogP contribution in [-0.2, 0) is 17.7 Å². The monoisotopic (exact) mass is 478 g/mol. The van der Waals surface area contributed by atoms with Crippen molar-refractivity contribution in [1.82, 2.24) is 9.55 Å². The fourth-order valence-corrected chi connectivity index (χ4v) is 3.85. The van der Waals surface area contributed by atoms with Gasteiger partial charge in [0.1, 0.15) is 11.6 Å². The lowest BCUT2D eigenvalue weighted by atomic mass is 10.2. The minimum absolute atomic E-state index is 0.351. The van der Waals surface area contributed by atoms with Gasteiger partial charge in [0.05, 0.1) is 30.3 Å². The molecule has 0 N–H and O–H groups in total. The summed E-state index contributed by atoms with van der Waals surface area (Å²) in [6.45, 7) is 1.34. The Labute approximate surface area is 189 Å². The summed E-state index contributed by atoms with van der Waals surface area (Å²) < 4.78 is 13.9. The molecular weight excluding hydrogens is 456 g/mol. The van der Waals surface area contributed by atoms with Gasteiger partial charge in [0.2, 0.25) is 0 Å². The van der Waals surface area contributed by atoms with Gasteiger partial charge in [0.25, 0.3) is 0 Å². The van der Waals surface area contributed by atoms with Gasteiger partial charge >= 0.3 is 5.97 Å². The largest absolute Gasteiger partial charge is 0.494 e. The molecule has 0 fully saturated rings. The number of halogens is 1. The number of aryl methyl sites for hydroxylation is 1. The Bertz CT molecular complexity index is 1170. The number of hydrogen-bond donors (Lipinski definition) is 0. The molecule has 1 aromatic heterocycles. The van der Waals surface area contributed by atoms with E-state index in [4.69, 9.17) is 14.5 Å². The predicted octanol–water partition coefficient (Wildman–Crippen LogP) is 5.65. The molecule has 0 bridgehead atoms. The molecule has 31 heavy (non-hydrogen) atoms. The van der Waals surface area contributed by atoms with Crippen molar-refractivity contribution in [2.45, 2.75) is 19.4 Å². The number of aromatic nitrogens is 2. The minimum Gasteiger partial charge on any atom is -0.494 e. The second-order valence-electron chi connectivity index (χ2n) is 7.20. The van der Waals surface area contributed by atoms with E-state index < -0.39 is 0 Å². The van der Waals surface area contributed by atoms with E-state index in [0.717, 1.165) is 46.5 Å². The standard InChI is InChI=1S/C25H23BrN2O3/c1-30-25(29)19-9-12-21(13-10-19)31-15-5-8-24-27-22-14-11-20(26)16-23(22)28(24)17-18-6-3-2-4-7-18/h2-4,6-7,9-14,16H,5,8,15,17H2,1H3. The molecule has 3 aromatic carbocycles. The van der Waals surface area contributed by atoms with Crippen LogP contribution in [0.1, 0.15) is 28.2 Å². The van der Waals surface area contributed by atoms with Crippen LogP contribution in [0.25, 0.3) is 11.0 Å². The summed E-state index contributed by atoms with van der Waals surface area (Å²) in [5.41, 5.74) is 3.86. The van der Waals surface area contributed by atoms with Gasteiger partial charge in [-0.25, -0.2) is 9.78 Å². The molecule has 5 nitrogen and oxygen atoms in total. The third-order valence-electron chi connectivity index (χ3n) is 5.06. The topological polar surface area (TPSA) is 53.4 Å². The van der Waals surface area contributed by atoms with Crippen molar-refractivity contribution in [2.24, 2.45) is 0 Å². The first-order valence-corrected chi connectivity index (χ1v) is 10.9. The summed E-state index contributed by atoms with van der Waals surface area (Å²) in [4.78, 5) is 16.4. The first-order chi connectivity index (χ1) is 15.1. The Morgan fingerprint density at radius 2 is 1.81 bits per heavy atom. The third kappa shape index (κ3) is 5.14. The molecule has 1 heterocycles. The smallest absolute Gasteiger partial charge is 0.337 e. The SMILES string of the molecule is COC(=O)c1ccc(OCCCc2nc3ccc(Br)cc3n2Cc2ccccc2)cc1. The number of carbonyl (C=O) groups is 1. The number of hydrogen-bond acceptors (Lipinski definition) is 4. The lowest BCUT2D eigenvalue weighted by Crippen LogP contribution is -2.08. The van der Waals surface area contributed by atoms with E-state index in [-0.39, 0.29) is 5.97 Å². The Hall–Kier alpha value is -3.12. The van der Waals surface area contributed by atoms with Gasteiger partial charge < -0.3 is 14.0 Å². The fourth-order valence-electron chi connectivity index (χ4n) is 3.50. The summed E-state index contributed by atoms with van der Waals surface area (Å²) in [6, 6.07) is 23.6. The highest BCUT2D eigenvalue weighted by Gasteiger charge is 2.12. The van der Waals surface area contributed by atoms with Crippen LogP contribution in [0.5, 0.6) is 5.75 Å². The molecule has 0 saturated heterocycles. The van der Waals surface area contributed by atoms with Crippen LogP contribution >= 0.6 is 15.9 Å². The van der Waals surface area contributed by atoms with Crippen LogP contribution < -0.4 is 4.74 Å². The highest BCUT2D eigenvalue weighted by molar-refractivity contribution is 9.10. The molecule has 0 spiro atoms. The van der Waals surface area contributed by atoms with Crippen LogP contribution in [0.4, 0.5) is 0 Å². The molecule has 0 saturated carbocycles. The van der Waals surface area contributed by atoms with E-state index >= 15 is 0 Å². The maximum atomic E-state index is 11.5. The molecule has 4 aromatic rings. The third-order valence-corrected chi connectivity index (χ3v) is 5.55. The quantitative estimate of drug-likeness (QED) is 0.242. The predicted molar refractivity (Wildman–Crippen MR) is 125 cm³/mol. The highest BCUT2D eigenvalue weighted by Crippen LogP contribution is 2.23. The second-order valence-corrected chi connectivity index (χ2v) is 8.12. The van der Waals surface area contributed by atoms with Gasteiger partial charge in [-0.3, -0.25) is 0 Å². The zero-order valence-corrected chi connectivity index (χ0v) is 18.8. The van der Waals surface area contributed by atoms with Crippen molar-refractivity contribution in [3.05, 3.63) is 94.2 Å². The van der Waals surface area contributed by atoms with Crippen molar-refractivity contribution >= 4 is 32.9 Å². The summed E-state index contributed by atoms with van der Waals surface area (Å²) in [5.74, 6) is 1.42. The van der Waals surface area contributed by atoms with Gasteiger partial charge in [-0.15, -0.1) is 0 Å². The number of ether oxygens (including phenoxy) is 2. The van der Waals surface area contributed by atoms with Crippen LogP contribution in [0.2, 0.25) is 0 Å². The average molecular weight is 479 g/mol. The van der Waals surface area contributed by atoms with Gasteiger partial charge in [0.15, 0.2) is 0 Å². The van der Waals surface area contributed by atoms with E-state index in [1.807, 2.05) is 18.2 Å². The van der Waals surface area contributed by atoms with E-state index in [1.165, 1.54) is 12.7 Å². The molecule has 0 atom stereocenters.